The first kappa shape index (κ1) is 20.9. The maximum atomic E-state index is 13.1. The maximum Gasteiger partial charge on any atom is 0.242 e. The zero-order valence-corrected chi connectivity index (χ0v) is 16.3. The topological polar surface area (TPSA) is 49.4 Å². The molecule has 2 amide bonds. The second-order valence-electron chi connectivity index (χ2n) is 6.42. The quantitative estimate of drug-likeness (QED) is 0.741. The van der Waals surface area contributed by atoms with E-state index in [4.69, 9.17) is 11.6 Å². The molecule has 6 heteroatoms. The van der Waals surface area contributed by atoms with Crippen molar-refractivity contribution in [2.75, 3.05) is 6.54 Å². The molecule has 1 N–H and O–H groups in total. The molecular weight excluding hydrogens is 367 g/mol. The van der Waals surface area contributed by atoms with Crippen molar-refractivity contribution >= 4 is 23.4 Å². The largest absolute Gasteiger partial charge is 0.354 e. The number of hydrogen-bond donors (Lipinski definition) is 1. The Hall–Kier alpha value is -2.40. The first-order valence-electron chi connectivity index (χ1n) is 8.96. The van der Waals surface area contributed by atoms with E-state index in [2.05, 4.69) is 5.32 Å². The van der Waals surface area contributed by atoms with Gasteiger partial charge < -0.3 is 10.2 Å². The summed E-state index contributed by atoms with van der Waals surface area (Å²) in [5, 5.41) is 3.40. The molecular formula is C21H24ClFN2O2. The predicted molar refractivity (Wildman–Crippen MR) is 105 cm³/mol. The molecule has 1 atom stereocenters. The first-order valence-corrected chi connectivity index (χ1v) is 9.34. The minimum Gasteiger partial charge on any atom is -0.354 e. The zero-order valence-electron chi connectivity index (χ0n) is 15.5. The lowest BCUT2D eigenvalue weighted by Crippen LogP contribution is -2.48. The Bertz CT molecular complexity index is 780. The van der Waals surface area contributed by atoms with E-state index >= 15 is 0 Å². The molecule has 0 aliphatic rings. The predicted octanol–water partition coefficient (Wildman–Crippen LogP) is 3.97. The van der Waals surface area contributed by atoms with Gasteiger partial charge in [-0.15, -0.1) is 0 Å². The van der Waals surface area contributed by atoms with Gasteiger partial charge in [0.1, 0.15) is 11.9 Å². The summed E-state index contributed by atoms with van der Waals surface area (Å²) in [5.41, 5.74) is 1.53. The van der Waals surface area contributed by atoms with Gasteiger partial charge in [0.05, 0.1) is 6.42 Å². The maximum absolute atomic E-state index is 13.1. The normalized spacial score (nSPS) is 11.7. The van der Waals surface area contributed by atoms with Crippen molar-refractivity contribution in [1.29, 1.82) is 0 Å². The van der Waals surface area contributed by atoms with Gasteiger partial charge in [0.2, 0.25) is 11.8 Å². The molecule has 2 aromatic rings. The number of carbonyl (C=O) groups is 2. The molecule has 0 spiro atoms. The second kappa shape index (κ2) is 10.1. The van der Waals surface area contributed by atoms with Crippen LogP contribution in [0.3, 0.4) is 0 Å². The van der Waals surface area contributed by atoms with E-state index in [-0.39, 0.29) is 30.6 Å². The van der Waals surface area contributed by atoms with Gasteiger partial charge in [-0.3, -0.25) is 9.59 Å². The summed E-state index contributed by atoms with van der Waals surface area (Å²) in [6.07, 6.45) is 0.905. The highest BCUT2D eigenvalue weighted by Gasteiger charge is 2.26. The number of nitrogens with zero attached hydrogens (tertiary/aromatic N) is 1. The molecule has 0 aliphatic carbocycles. The van der Waals surface area contributed by atoms with Gasteiger partial charge >= 0.3 is 0 Å². The van der Waals surface area contributed by atoms with Crippen LogP contribution in [-0.2, 0) is 22.6 Å². The van der Waals surface area contributed by atoms with Gasteiger partial charge in [0, 0.05) is 18.1 Å². The van der Waals surface area contributed by atoms with Crippen LogP contribution in [0.4, 0.5) is 4.39 Å². The molecule has 0 saturated heterocycles. The minimum atomic E-state index is -0.636. The molecule has 144 valence electrons. The van der Waals surface area contributed by atoms with E-state index in [9.17, 15) is 14.0 Å². The Morgan fingerprint density at radius 3 is 2.48 bits per heavy atom. The highest BCUT2D eigenvalue weighted by Crippen LogP contribution is 2.16. The van der Waals surface area contributed by atoms with Crippen molar-refractivity contribution < 1.29 is 14.0 Å². The third kappa shape index (κ3) is 6.36. The van der Waals surface area contributed by atoms with Gasteiger partial charge in [0.15, 0.2) is 0 Å². The Morgan fingerprint density at radius 2 is 1.85 bits per heavy atom. The van der Waals surface area contributed by atoms with Crippen LogP contribution >= 0.6 is 11.6 Å². The molecule has 0 saturated carbocycles. The molecule has 0 aromatic heterocycles. The van der Waals surface area contributed by atoms with Crippen LogP contribution in [0.25, 0.3) is 0 Å². The standard InChI is InChI=1S/C21H24ClFN2O2/c1-3-11-24-21(27)15(2)25(14-17-5-4-6-18(22)12-17)20(26)13-16-7-9-19(23)10-8-16/h4-10,12,15H,3,11,13-14H2,1-2H3,(H,24,27)/t15-/m1/s1. The van der Waals surface area contributed by atoms with Crippen LogP contribution in [0.2, 0.25) is 5.02 Å². The fourth-order valence-corrected chi connectivity index (χ4v) is 2.90. The summed E-state index contributed by atoms with van der Waals surface area (Å²) < 4.78 is 13.1. The molecule has 27 heavy (non-hydrogen) atoms. The number of carbonyl (C=O) groups excluding carboxylic acids is 2. The third-order valence-electron chi connectivity index (χ3n) is 4.23. The van der Waals surface area contributed by atoms with Gasteiger partial charge in [0.25, 0.3) is 0 Å². The average molecular weight is 391 g/mol. The lowest BCUT2D eigenvalue weighted by atomic mass is 10.1. The summed E-state index contributed by atoms with van der Waals surface area (Å²) in [6, 6.07) is 12.4. The van der Waals surface area contributed by atoms with Crippen molar-refractivity contribution in [3.05, 3.63) is 70.5 Å². The Balaban J connectivity index is 2.20. The number of benzene rings is 2. The Kier molecular flexibility index (Phi) is 7.80. The van der Waals surface area contributed by atoms with Crippen LogP contribution in [0.5, 0.6) is 0 Å². The summed E-state index contributed by atoms with van der Waals surface area (Å²) >= 11 is 6.04. The fraction of sp³-hybridized carbons (Fsp3) is 0.333. The fourth-order valence-electron chi connectivity index (χ4n) is 2.69. The van der Waals surface area contributed by atoms with Gasteiger partial charge in [-0.05, 0) is 48.7 Å². The summed E-state index contributed by atoms with van der Waals surface area (Å²) in [6.45, 7) is 4.49. The molecule has 0 radical (unpaired) electrons. The lowest BCUT2D eigenvalue weighted by Gasteiger charge is -2.29. The smallest absolute Gasteiger partial charge is 0.242 e. The van der Waals surface area contributed by atoms with E-state index < -0.39 is 6.04 Å². The molecule has 4 nitrogen and oxygen atoms in total. The van der Waals surface area contributed by atoms with Crippen LogP contribution in [0.1, 0.15) is 31.4 Å². The molecule has 0 unspecified atom stereocenters. The van der Waals surface area contributed by atoms with Crippen molar-refractivity contribution in [3.63, 3.8) is 0 Å². The molecule has 0 fully saturated rings. The number of hydrogen-bond acceptors (Lipinski definition) is 2. The van der Waals surface area contributed by atoms with E-state index in [0.29, 0.717) is 17.1 Å². The third-order valence-corrected chi connectivity index (χ3v) is 4.46. The molecule has 2 aromatic carbocycles. The molecule has 0 bridgehead atoms. The summed E-state index contributed by atoms with van der Waals surface area (Å²) in [7, 11) is 0. The molecule has 2 rings (SSSR count). The van der Waals surface area contributed by atoms with Gasteiger partial charge in [-0.2, -0.15) is 0 Å². The lowest BCUT2D eigenvalue weighted by molar-refractivity contribution is -0.140. The zero-order chi connectivity index (χ0) is 19.8. The number of rotatable bonds is 8. The minimum absolute atomic E-state index is 0.0895. The first-order chi connectivity index (χ1) is 12.9. The van der Waals surface area contributed by atoms with Crippen LogP contribution in [-0.4, -0.2) is 29.3 Å². The van der Waals surface area contributed by atoms with Crippen LogP contribution < -0.4 is 5.32 Å². The van der Waals surface area contributed by atoms with Crippen molar-refractivity contribution in [1.82, 2.24) is 10.2 Å². The van der Waals surface area contributed by atoms with E-state index in [1.807, 2.05) is 19.1 Å². The van der Waals surface area contributed by atoms with Crippen LogP contribution in [0.15, 0.2) is 48.5 Å². The number of nitrogens with one attached hydrogen (secondary N) is 1. The molecule has 0 aliphatic heterocycles. The van der Waals surface area contributed by atoms with Crippen molar-refractivity contribution in [3.8, 4) is 0 Å². The highest BCUT2D eigenvalue weighted by atomic mass is 35.5. The van der Waals surface area contributed by atoms with Gasteiger partial charge in [-0.25, -0.2) is 4.39 Å². The highest BCUT2D eigenvalue weighted by molar-refractivity contribution is 6.30. The van der Waals surface area contributed by atoms with Crippen molar-refractivity contribution in [2.45, 2.75) is 39.3 Å². The van der Waals surface area contributed by atoms with Crippen molar-refractivity contribution in [2.24, 2.45) is 0 Å². The number of amides is 2. The van der Waals surface area contributed by atoms with E-state index in [0.717, 1.165) is 12.0 Å². The number of halogens is 2. The van der Waals surface area contributed by atoms with Gasteiger partial charge in [-0.1, -0.05) is 42.8 Å². The second-order valence-corrected chi connectivity index (χ2v) is 6.86. The molecule has 0 heterocycles. The summed E-state index contributed by atoms with van der Waals surface area (Å²) in [4.78, 5) is 26.9. The monoisotopic (exact) mass is 390 g/mol. The average Bonchev–Trinajstić information content (AvgIpc) is 2.65. The van der Waals surface area contributed by atoms with E-state index in [1.165, 1.54) is 17.0 Å². The summed E-state index contributed by atoms with van der Waals surface area (Å²) in [5.74, 6) is -0.763. The Labute approximate surface area is 164 Å². The van der Waals surface area contributed by atoms with E-state index in [1.54, 1.807) is 31.2 Å². The SMILES string of the molecule is CCCNC(=O)[C@@H](C)N(Cc1cccc(Cl)c1)C(=O)Cc1ccc(F)cc1. The Morgan fingerprint density at radius 1 is 1.15 bits per heavy atom. The van der Waals surface area contributed by atoms with Crippen LogP contribution in [0, 0.1) is 5.82 Å².